The van der Waals surface area contributed by atoms with Crippen molar-refractivity contribution in [2.75, 3.05) is 5.75 Å². The van der Waals surface area contributed by atoms with Crippen LogP contribution in [0.3, 0.4) is 0 Å². The molecule has 0 atom stereocenters. The molecule has 0 aliphatic rings. The van der Waals surface area contributed by atoms with Gasteiger partial charge in [-0.05, 0) is 35.7 Å². The number of nitrogens with zero attached hydrogens (tertiary/aromatic N) is 4. The Morgan fingerprint density at radius 3 is 2.45 bits per heavy atom. The minimum atomic E-state index is -0.00200. The molecule has 0 saturated heterocycles. The van der Waals surface area contributed by atoms with Gasteiger partial charge in [0.1, 0.15) is 5.82 Å². The Morgan fingerprint density at radius 2 is 1.83 bits per heavy atom. The topological polar surface area (TPSA) is 71.6 Å². The third-order valence-corrected chi connectivity index (χ3v) is 5.50. The molecule has 1 heterocycles. The second-order valence-corrected chi connectivity index (χ2v) is 8.49. The first-order valence-electron chi connectivity index (χ1n) is 9.29. The number of ketones is 1. The van der Waals surface area contributed by atoms with Crippen LogP contribution >= 0.6 is 23.4 Å². The smallest absolute Gasteiger partial charge is 0.191 e. The highest BCUT2D eigenvalue weighted by Crippen LogP contribution is 2.22. The quantitative estimate of drug-likeness (QED) is 0.374. The average molecular weight is 425 g/mol. The highest BCUT2D eigenvalue weighted by Gasteiger charge is 2.16. The number of hydrogen-bond acceptors (Lipinski definition) is 5. The predicted octanol–water partition coefficient (Wildman–Crippen LogP) is 5.02. The number of carbonyl (C=O) groups is 1. The van der Waals surface area contributed by atoms with Crippen LogP contribution < -0.4 is 0 Å². The third kappa shape index (κ3) is 5.69. The van der Waals surface area contributed by atoms with Gasteiger partial charge < -0.3 is 4.57 Å². The van der Waals surface area contributed by atoms with E-state index in [1.54, 1.807) is 24.3 Å². The normalized spacial score (nSPS) is 10.9. The van der Waals surface area contributed by atoms with E-state index in [1.807, 2.05) is 24.3 Å². The van der Waals surface area contributed by atoms with Crippen LogP contribution in [0.1, 0.15) is 41.2 Å². The fraction of sp³-hybridized carbons (Fsp3) is 0.273. The summed E-state index contributed by atoms with van der Waals surface area (Å²) in [6.45, 7) is 5.06. The maximum Gasteiger partial charge on any atom is 0.191 e. The van der Waals surface area contributed by atoms with Gasteiger partial charge in [0, 0.05) is 23.6 Å². The first-order chi connectivity index (χ1) is 14.0. The molecule has 3 aromatic rings. The number of benzene rings is 2. The minimum absolute atomic E-state index is 0.00200. The van der Waals surface area contributed by atoms with Crippen LogP contribution in [-0.4, -0.2) is 26.3 Å². The van der Waals surface area contributed by atoms with E-state index in [1.165, 1.54) is 11.8 Å². The van der Waals surface area contributed by atoms with Crippen molar-refractivity contribution in [3.8, 4) is 6.07 Å². The zero-order valence-electron chi connectivity index (χ0n) is 16.3. The van der Waals surface area contributed by atoms with E-state index >= 15 is 0 Å². The molecule has 0 unspecified atom stereocenters. The Labute approximate surface area is 179 Å². The highest BCUT2D eigenvalue weighted by molar-refractivity contribution is 7.99. The molecule has 0 N–H and O–H groups in total. The van der Waals surface area contributed by atoms with Crippen LogP contribution in [0.2, 0.25) is 5.02 Å². The van der Waals surface area contributed by atoms with Crippen LogP contribution in [0.4, 0.5) is 0 Å². The Bertz CT molecular complexity index is 1020. The van der Waals surface area contributed by atoms with E-state index in [4.69, 9.17) is 16.9 Å². The molecule has 7 heteroatoms. The second-order valence-electron chi connectivity index (χ2n) is 7.11. The SMILES string of the molecule is CC(C)Cn1c(Cc2ccc(Cl)cc2)nnc1SCC(=O)c1ccc(C#N)cc1. The Hall–Kier alpha value is -2.62. The molecule has 3 rings (SSSR count). The largest absolute Gasteiger partial charge is 0.305 e. The lowest BCUT2D eigenvalue weighted by Crippen LogP contribution is -2.11. The summed E-state index contributed by atoms with van der Waals surface area (Å²) in [6, 6.07) is 16.4. The van der Waals surface area contributed by atoms with Crippen LogP contribution in [-0.2, 0) is 13.0 Å². The number of thioether (sulfide) groups is 1. The number of hydrogen-bond donors (Lipinski definition) is 0. The first-order valence-corrected chi connectivity index (χ1v) is 10.7. The van der Waals surface area contributed by atoms with Gasteiger partial charge in [-0.3, -0.25) is 4.79 Å². The summed E-state index contributed by atoms with van der Waals surface area (Å²) in [4.78, 5) is 12.5. The average Bonchev–Trinajstić information content (AvgIpc) is 3.08. The van der Waals surface area contributed by atoms with Gasteiger partial charge in [0.05, 0.1) is 17.4 Å². The summed E-state index contributed by atoms with van der Waals surface area (Å²) in [7, 11) is 0. The van der Waals surface area contributed by atoms with Gasteiger partial charge in [0.15, 0.2) is 10.9 Å². The van der Waals surface area contributed by atoms with E-state index in [2.05, 4.69) is 34.7 Å². The van der Waals surface area contributed by atoms with Gasteiger partial charge in [0.25, 0.3) is 0 Å². The molecule has 0 radical (unpaired) electrons. The van der Waals surface area contributed by atoms with E-state index in [-0.39, 0.29) is 11.5 Å². The van der Waals surface area contributed by atoms with Gasteiger partial charge in [-0.25, -0.2) is 0 Å². The van der Waals surface area contributed by atoms with E-state index < -0.39 is 0 Å². The lowest BCUT2D eigenvalue weighted by molar-refractivity contribution is 0.102. The summed E-state index contributed by atoms with van der Waals surface area (Å²) in [6.07, 6.45) is 0.654. The van der Waals surface area contributed by atoms with Crippen molar-refractivity contribution < 1.29 is 4.79 Å². The third-order valence-electron chi connectivity index (χ3n) is 4.29. The molecule has 0 aliphatic carbocycles. The molecule has 0 bridgehead atoms. The van der Waals surface area contributed by atoms with Gasteiger partial charge in [-0.2, -0.15) is 5.26 Å². The summed E-state index contributed by atoms with van der Waals surface area (Å²) in [5.41, 5.74) is 2.24. The summed E-state index contributed by atoms with van der Waals surface area (Å²) < 4.78 is 2.09. The first kappa shape index (κ1) is 21.1. The lowest BCUT2D eigenvalue weighted by Gasteiger charge is -2.12. The van der Waals surface area contributed by atoms with Gasteiger partial charge >= 0.3 is 0 Å². The number of rotatable bonds is 8. The molecule has 29 heavy (non-hydrogen) atoms. The summed E-state index contributed by atoms with van der Waals surface area (Å²) >= 11 is 7.36. The molecule has 0 aliphatic heterocycles. The molecule has 0 saturated carbocycles. The van der Waals surface area contributed by atoms with Crippen LogP contribution in [0.25, 0.3) is 0 Å². The van der Waals surface area contributed by atoms with E-state index in [9.17, 15) is 4.79 Å². The molecule has 1 aromatic heterocycles. The van der Waals surface area contributed by atoms with Crippen LogP contribution in [0, 0.1) is 17.2 Å². The lowest BCUT2D eigenvalue weighted by atomic mass is 10.1. The number of aromatic nitrogens is 3. The second kappa shape index (κ2) is 9.73. The fourth-order valence-corrected chi connectivity index (χ4v) is 3.82. The monoisotopic (exact) mass is 424 g/mol. The van der Waals surface area contributed by atoms with Crippen molar-refractivity contribution in [2.24, 2.45) is 5.92 Å². The van der Waals surface area contributed by atoms with E-state index in [0.29, 0.717) is 28.5 Å². The van der Waals surface area contributed by atoms with Crippen LogP contribution in [0.15, 0.2) is 53.7 Å². The number of Topliss-reactive ketones (excluding diaryl/α,β-unsaturated/α-hetero) is 1. The fourth-order valence-electron chi connectivity index (χ4n) is 2.83. The van der Waals surface area contributed by atoms with Crippen molar-refractivity contribution in [3.05, 3.63) is 76.1 Å². The number of carbonyl (C=O) groups excluding carboxylic acids is 1. The molecule has 5 nitrogen and oxygen atoms in total. The zero-order chi connectivity index (χ0) is 20.8. The maximum absolute atomic E-state index is 12.5. The van der Waals surface area contributed by atoms with Gasteiger partial charge in [-0.1, -0.05) is 61.5 Å². The van der Waals surface area contributed by atoms with Crippen molar-refractivity contribution in [2.45, 2.75) is 32.0 Å². The molecule has 0 spiro atoms. The maximum atomic E-state index is 12.5. The molecular formula is C22H21ClN4OS. The Kier molecular flexibility index (Phi) is 7.08. The van der Waals surface area contributed by atoms with Crippen LogP contribution in [0.5, 0.6) is 0 Å². The molecule has 0 amide bonds. The van der Waals surface area contributed by atoms with E-state index in [0.717, 1.165) is 23.1 Å². The predicted molar refractivity (Wildman–Crippen MR) is 115 cm³/mol. The van der Waals surface area contributed by atoms with Crippen molar-refractivity contribution in [1.82, 2.24) is 14.8 Å². The van der Waals surface area contributed by atoms with Gasteiger partial charge in [-0.15, -0.1) is 10.2 Å². The van der Waals surface area contributed by atoms with Crippen molar-refractivity contribution >= 4 is 29.1 Å². The van der Waals surface area contributed by atoms with Crippen molar-refractivity contribution in [1.29, 1.82) is 5.26 Å². The highest BCUT2D eigenvalue weighted by atomic mass is 35.5. The molecule has 148 valence electrons. The van der Waals surface area contributed by atoms with Gasteiger partial charge in [0.2, 0.25) is 0 Å². The summed E-state index contributed by atoms with van der Waals surface area (Å²) in [5, 5.41) is 19.0. The molecule has 2 aromatic carbocycles. The molecule has 0 fully saturated rings. The minimum Gasteiger partial charge on any atom is -0.305 e. The Balaban J connectivity index is 1.74. The Morgan fingerprint density at radius 1 is 1.14 bits per heavy atom. The number of nitriles is 1. The van der Waals surface area contributed by atoms with Crippen molar-refractivity contribution in [3.63, 3.8) is 0 Å². The molecular weight excluding hydrogens is 404 g/mol. The number of halogens is 1. The summed E-state index contributed by atoms with van der Waals surface area (Å²) in [5.74, 6) is 1.55. The zero-order valence-corrected chi connectivity index (χ0v) is 17.9. The standard InChI is InChI=1S/C22H21ClN4OS/c1-15(2)13-27-21(11-16-5-9-19(23)10-6-16)25-26-22(27)29-14-20(28)18-7-3-17(12-24)4-8-18/h3-10,15H,11,13-14H2,1-2H3.